The van der Waals surface area contributed by atoms with Crippen molar-refractivity contribution in [1.82, 2.24) is 19.1 Å². The molecule has 0 spiro atoms. The molecule has 4 heteroatoms. The molecule has 0 aliphatic carbocycles. The molecule has 1 N–H and O–H groups in total. The smallest absolute Gasteiger partial charge is 0.138 e. The monoisotopic (exact) mass is 702 g/mol. The SMILES string of the molecule is c1ccc(-c2ccc(-c3c[nH]c(-c4cccc(-n5c6ccccc6c6cc(-c7ccc8c(c7)c7ccccc7n8-c7ccccc7)ccc65)c4)n3)cc2)cc1. The summed E-state index contributed by atoms with van der Waals surface area (Å²) in [6.07, 6.45) is 2.00. The van der Waals surface area contributed by atoms with Crippen LogP contribution in [0.5, 0.6) is 0 Å². The third-order valence-electron chi connectivity index (χ3n) is 10.9. The topological polar surface area (TPSA) is 38.5 Å². The lowest BCUT2D eigenvalue weighted by Gasteiger charge is -2.10. The van der Waals surface area contributed by atoms with Crippen LogP contribution < -0.4 is 0 Å². The second kappa shape index (κ2) is 12.6. The van der Waals surface area contributed by atoms with Gasteiger partial charge in [-0.05, 0) is 82.9 Å². The van der Waals surface area contributed by atoms with Crippen molar-refractivity contribution in [2.75, 3.05) is 0 Å². The molecule has 11 rings (SSSR count). The molecule has 0 amide bonds. The van der Waals surface area contributed by atoms with Gasteiger partial charge in [0.1, 0.15) is 5.82 Å². The molecule has 258 valence electrons. The molecule has 4 nitrogen and oxygen atoms in total. The van der Waals surface area contributed by atoms with Crippen molar-refractivity contribution in [3.8, 4) is 56.3 Å². The molecule has 55 heavy (non-hydrogen) atoms. The van der Waals surface area contributed by atoms with Crippen LogP contribution in [0.1, 0.15) is 0 Å². The van der Waals surface area contributed by atoms with Gasteiger partial charge in [-0.2, -0.15) is 0 Å². The van der Waals surface area contributed by atoms with E-state index in [9.17, 15) is 0 Å². The zero-order chi connectivity index (χ0) is 36.3. The molecular formula is C51H34N4. The van der Waals surface area contributed by atoms with Gasteiger partial charge in [0.2, 0.25) is 0 Å². The van der Waals surface area contributed by atoms with Crippen molar-refractivity contribution in [3.05, 3.63) is 200 Å². The number of hydrogen-bond donors (Lipinski definition) is 1. The Kier molecular flexibility index (Phi) is 7.14. The molecule has 0 fully saturated rings. The molecule has 3 aromatic heterocycles. The van der Waals surface area contributed by atoms with Gasteiger partial charge in [-0.15, -0.1) is 0 Å². The van der Waals surface area contributed by atoms with Gasteiger partial charge in [0.25, 0.3) is 0 Å². The van der Waals surface area contributed by atoms with Crippen LogP contribution in [0.4, 0.5) is 0 Å². The van der Waals surface area contributed by atoms with Crippen LogP contribution >= 0.6 is 0 Å². The second-order valence-corrected chi connectivity index (χ2v) is 14.1. The Balaban J connectivity index is 0.975. The van der Waals surface area contributed by atoms with E-state index in [1.54, 1.807) is 0 Å². The lowest BCUT2D eigenvalue weighted by molar-refractivity contribution is 1.18. The van der Waals surface area contributed by atoms with Crippen LogP contribution in [0.3, 0.4) is 0 Å². The first-order valence-corrected chi connectivity index (χ1v) is 18.7. The van der Waals surface area contributed by atoms with E-state index in [0.717, 1.165) is 28.3 Å². The number of nitrogens with one attached hydrogen (secondary N) is 1. The fourth-order valence-corrected chi connectivity index (χ4v) is 8.31. The van der Waals surface area contributed by atoms with Crippen molar-refractivity contribution in [2.45, 2.75) is 0 Å². The van der Waals surface area contributed by atoms with Crippen molar-refractivity contribution in [2.24, 2.45) is 0 Å². The van der Waals surface area contributed by atoms with Crippen LogP contribution in [0, 0.1) is 0 Å². The summed E-state index contributed by atoms with van der Waals surface area (Å²) in [5.41, 5.74) is 14.9. The Hall–Kier alpha value is -7.43. The quantitative estimate of drug-likeness (QED) is 0.184. The number of imidazole rings is 1. The van der Waals surface area contributed by atoms with E-state index in [1.807, 2.05) is 12.3 Å². The predicted octanol–water partition coefficient (Wildman–Crippen LogP) is 13.3. The standard InChI is InChI=1S/C51H34N4/c1-3-12-34(13-4-1)35-22-24-36(25-23-35)46-33-52-51(53-46)39-14-11-17-41(30-39)55-48-21-10-8-19-43(48)45-32-38(27-29-50(45)55)37-26-28-49-44(31-37)42-18-7-9-20-47(42)54(49)40-15-5-2-6-16-40/h1-33H,(H,52,53). The van der Waals surface area contributed by atoms with Crippen molar-refractivity contribution >= 4 is 43.6 Å². The average molecular weight is 703 g/mol. The summed E-state index contributed by atoms with van der Waals surface area (Å²) in [4.78, 5) is 8.49. The lowest BCUT2D eigenvalue weighted by Crippen LogP contribution is -1.94. The summed E-state index contributed by atoms with van der Waals surface area (Å²) in [5.74, 6) is 0.844. The summed E-state index contributed by atoms with van der Waals surface area (Å²) in [7, 11) is 0. The van der Waals surface area contributed by atoms with Crippen LogP contribution in [0.2, 0.25) is 0 Å². The summed E-state index contributed by atoms with van der Waals surface area (Å²) < 4.78 is 4.74. The molecule has 0 atom stereocenters. The van der Waals surface area contributed by atoms with E-state index < -0.39 is 0 Å². The van der Waals surface area contributed by atoms with Gasteiger partial charge in [0.05, 0.1) is 27.8 Å². The summed E-state index contributed by atoms with van der Waals surface area (Å²) >= 11 is 0. The number of hydrogen-bond acceptors (Lipinski definition) is 1. The molecule has 0 saturated heterocycles. The molecule has 0 saturated carbocycles. The number of nitrogens with zero attached hydrogens (tertiary/aromatic N) is 3. The van der Waals surface area contributed by atoms with Gasteiger partial charge in [0.15, 0.2) is 0 Å². The van der Waals surface area contributed by atoms with E-state index in [-0.39, 0.29) is 0 Å². The van der Waals surface area contributed by atoms with E-state index in [4.69, 9.17) is 4.98 Å². The van der Waals surface area contributed by atoms with Gasteiger partial charge >= 0.3 is 0 Å². The normalized spacial score (nSPS) is 11.6. The predicted molar refractivity (Wildman–Crippen MR) is 229 cm³/mol. The molecule has 0 unspecified atom stereocenters. The fourth-order valence-electron chi connectivity index (χ4n) is 8.31. The summed E-state index contributed by atoms with van der Waals surface area (Å²) in [6.45, 7) is 0. The third-order valence-corrected chi connectivity index (χ3v) is 10.9. The molecule has 3 heterocycles. The van der Waals surface area contributed by atoms with E-state index in [1.165, 1.54) is 71.6 Å². The molecule has 11 aromatic rings. The molecule has 0 aliphatic rings. The van der Waals surface area contributed by atoms with Crippen molar-refractivity contribution in [3.63, 3.8) is 0 Å². The third kappa shape index (κ3) is 5.19. The zero-order valence-corrected chi connectivity index (χ0v) is 29.9. The van der Waals surface area contributed by atoms with E-state index in [0.29, 0.717) is 0 Å². The van der Waals surface area contributed by atoms with Crippen LogP contribution in [-0.4, -0.2) is 19.1 Å². The first kappa shape index (κ1) is 31.1. The molecule has 8 aromatic carbocycles. The molecular weight excluding hydrogens is 669 g/mol. The highest BCUT2D eigenvalue weighted by Crippen LogP contribution is 2.38. The Morgan fingerprint density at radius 3 is 1.45 bits per heavy atom. The maximum absolute atomic E-state index is 5.04. The van der Waals surface area contributed by atoms with Crippen LogP contribution in [-0.2, 0) is 0 Å². The Labute approximate surface area is 318 Å². The lowest BCUT2D eigenvalue weighted by atomic mass is 10.0. The zero-order valence-electron chi connectivity index (χ0n) is 29.9. The fraction of sp³-hybridized carbons (Fsp3) is 0. The number of benzene rings is 8. The number of rotatable bonds is 6. The minimum Gasteiger partial charge on any atom is -0.344 e. The van der Waals surface area contributed by atoms with Gasteiger partial charge < -0.3 is 14.1 Å². The molecule has 0 aliphatic heterocycles. The average Bonchev–Trinajstić information content (AvgIpc) is 3.97. The first-order valence-electron chi connectivity index (χ1n) is 18.7. The van der Waals surface area contributed by atoms with Crippen molar-refractivity contribution in [1.29, 1.82) is 0 Å². The minimum absolute atomic E-state index is 0.844. The summed E-state index contributed by atoms with van der Waals surface area (Å²) in [5, 5.41) is 4.96. The Bertz CT molecular complexity index is 3180. The largest absolute Gasteiger partial charge is 0.344 e. The van der Waals surface area contributed by atoms with Gasteiger partial charge in [0, 0.05) is 50.2 Å². The van der Waals surface area contributed by atoms with Gasteiger partial charge in [-0.3, -0.25) is 0 Å². The number of fused-ring (bicyclic) bond motifs is 6. The maximum Gasteiger partial charge on any atom is 0.138 e. The minimum atomic E-state index is 0.844. The number of H-pyrrole nitrogens is 1. The van der Waals surface area contributed by atoms with Gasteiger partial charge in [-0.1, -0.05) is 133 Å². The number of aromatic amines is 1. The number of aromatic nitrogens is 4. The van der Waals surface area contributed by atoms with E-state index in [2.05, 4.69) is 202 Å². The number of para-hydroxylation sites is 3. The molecule has 0 radical (unpaired) electrons. The highest BCUT2D eigenvalue weighted by Gasteiger charge is 2.17. The molecule has 0 bridgehead atoms. The van der Waals surface area contributed by atoms with Crippen molar-refractivity contribution < 1.29 is 0 Å². The Morgan fingerprint density at radius 1 is 0.327 bits per heavy atom. The second-order valence-electron chi connectivity index (χ2n) is 14.1. The Morgan fingerprint density at radius 2 is 0.800 bits per heavy atom. The van der Waals surface area contributed by atoms with Crippen LogP contribution in [0.15, 0.2) is 200 Å². The first-order chi connectivity index (χ1) is 27.3. The van der Waals surface area contributed by atoms with Crippen LogP contribution in [0.25, 0.3) is 99.9 Å². The highest BCUT2D eigenvalue weighted by atomic mass is 15.0. The summed E-state index contributed by atoms with van der Waals surface area (Å²) in [6, 6.07) is 69.6. The highest BCUT2D eigenvalue weighted by molar-refractivity contribution is 6.12. The maximum atomic E-state index is 5.04. The van der Waals surface area contributed by atoms with E-state index >= 15 is 0 Å². The van der Waals surface area contributed by atoms with Gasteiger partial charge in [-0.25, -0.2) is 4.98 Å².